The van der Waals surface area contributed by atoms with Crippen molar-refractivity contribution in [3.8, 4) is 0 Å². The van der Waals surface area contributed by atoms with E-state index in [0.717, 1.165) is 0 Å². The van der Waals surface area contributed by atoms with Gasteiger partial charge in [-0.3, -0.25) is 0 Å². The second-order valence-electron chi connectivity index (χ2n) is 1.99. The molecular formula is C3H11ClNO5P. The highest BCUT2D eigenvalue weighted by Gasteiger charge is 2.14. The summed E-state index contributed by atoms with van der Waals surface area (Å²) in [4.78, 5) is 0. The van der Waals surface area contributed by atoms with Gasteiger partial charge in [0.25, 0.3) is 0 Å². The number of halogens is 1. The summed E-state index contributed by atoms with van der Waals surface area (Å²) in [5, 5.41) is 0. The van der Waals surface area contributed by atoms with Gasteiger partial charge in [-0.05, 0) is 0 Å². The molecular weight excluding hydrogens is 196 g/mol. The van der Waals surface area contributed by atoms with Crippen molar-refractivity contribution in [3.63, 3.8) is 0 Å². The molecule has 0 radical (unpaired) electrons. The Kier molecular flexibility index (Phi) is 6.61. The van der Waals surface area contributed by atoms with Gasteiger partial charge in [-0.1, -0.05) is 0 Å². The Morgan fingerprint density at radius 1 is 1.18 bits per heavy atom. The molecule has 0 rings (SSSR count). The number of nitrogens with two attached hydrogens (primary N) is 1. The Morgan fingerprint density at radius 3 is 1.27 bits per heavy atom. The van der Waals surface area contributed by atoms with E-state index in [4.69, 9.17) is 28.7 Å². The zero-order valence-corrected chi connectivity index (χ0v) is 8.09. The van der Waals surface area contributed by atoms with Crippen molar-refractivity contribution in [1.82, 2.24) is 0 Å². The van der Waals surface area contributed by atoms with Gasteiger partial charge in [0.2, 0.25) is 7.64 Å². The molecule has 0 aromatic carbocycles. The predicted octanol–water partition coefficient (Wildman–Crippen LogP) is -4.06. The van der Waals surface area contributed by atoms with Gasteiger partial charge < -0.3 is 0 Å². The third-order valence-corrected chi connectivity index (χ3v) is 1.41. The Bertz CT molecular complexity index is 92.9. The van der Waals surface area contributed by atoms with E-state index < -0.39 is 17.9 Å². The molecule has 0 unspecified atom stereocenters. The van der Waals surface area contributed by atoms with Gasteiger partial charge in [-0.15, -0.1) is 10.2 Å². The van der Waals surface area contributed by atoms with Gasteiger partial charge in [0, 0.05) is 0 Å². The molecule has 2 N–H and O–H groups in total. The van der Waals surface area contributed by atoms with Crippen LogP contribution in [0, 0.1) is 10.2 Å². The average molecular weight is 208 g/mol. The van der Waals surface area contributed by atoms with Crippen molar-refractivity contribution < 1.29 is 33.4 Å². The van der Waals surface area contributed by atoms with Crippen LogP contribution < -0.4 is 24.1 Å². The lowest BCUT2D eigenvalue weighted by atomic mass is 11.8. The third-order valence-electron chi connectivity index (χ3n) is 0.471. The van der Waals surface area contributed by atoms with Crippen LogP contribution >= 0.6 is 7.64 Å². The molecule has 0 aliphatic heterocycles. The minimum Gasteiger partial charge on any atom is -0.224 e. The van der Waals surface area contributed by atoms with Gasteiger partial charge >= 0.3 is 0 Å². The van der Waals surface area contributed by atoms with E-state index in [9.17, 15) is 0 Å². The van der Waals surface area contributed by atoms with Gasteiger partial charge in [0.15, 0.2) is 0 Å². The first-order chi connectivity index (χ1) is 4.56. The summed E-state index contributed by atoms with van der Waals surface area (Å²) < 4.78 is 38.8. The molecule has 0 fully saturated rings. The summed E-state index contributed by atoms with van der Waals surface area (Å²) in [6.45, 7) is 3.82. The highest BCUT2D eigenvalue weighted by atomic mass is 35.7. The van der Waals surface area contributed by atoms with E-state index in [1.807, 2.05) is 13.3 Å². The summed E-state index contributed by atoms with van der Waals surface area (Å²) >= 11 is 0. The molecule has 0 aliphatic rings. The second kappa shape index (κ2) is 5.18. The Balaban J connectivity index is 0. The van der Waals surface area contributed by atoms with Crippen molar-refractivity contribution in [1.29, 1.82) is 0 Å². The zero-order valence-electron chi connectivity index (χ0n) is 6.44. The molecule has 8 heteroatoms. The first-order valence-corrected chi connectivity index (χ1v) is 6.27. The van der Waals surface area contributed by atoms with Crippen LogP contribution in [0.3, 0.4) is 0 Å². The number of hydrogen-bond donors (Lipinski definition) is 1. The van der Waals surface area contributed by atoms with Gasteiger partial charge in [-0.2, -0.15) is 5.50 Å². The average Bonchev–Trinajstić information content (AvgIpc) is 1.59. The van der Waals surface area contributed by atoms with E-state index in [-0.39, 0.29) is 0 Å². The maximum Gasteiger partial charge on any atom is 0.204 e. The first kappa shape index (κ1) is 14.0. The highest BCUT2D eigenvalue weighted by molar-refractivity contribution is 7.67. The summed E-state index contributed by atoms with van der Waals surface area (Å²) in [5.41, 5.74) is 5.42. The van der Waals surface area contributed by atoms with E-state index in [1.165, 1.54) is 0 Å². The molecule has 0 saturated heterocycles. The van der Waals surface area contributed by atoms with Crippen molar-refractivity contribution in [3.05, 3.63) is 0 Å². The standard InChI is InChI=1S/C3H11NOP.ClHO4/c1-5-6(2,3)4;2-1(3,4)5/h4H2,1-3H3;(H,2,3,4,5)/q+1;/p-1. The quantitative estimate of drug-likeness (QED) is 0.436. The summed E-state index contributed by atoms with van der Waals surface area (Å²) in [7, 11) is -4.71. The molecule has 0 saturated carbocycles. The monoisotopic (exact) mass is 207 g/mol. The van der Waals surface area contributed by atoms with E-state index in [2.05, 4.69) is 0 Å². The first-order valence-electron chi connectivity index (χ1n) is 2.36. The number of hydrogen-bond acceptors (Lipinski definition) is 6. The smallest absolute Gasteiger partial charge is 0.204 e. The molecule has 0 aromatic heterocycles. The lowest BCUT2D eigenvalue weighted by Gasteiger charge is -2.17. The minimum atomic E-state index is -4.94. The minimum absolute atomic E-state index is 1.40. The van der Waals surface area contributed by atoms with Crippen molar-refractivity contribution in [2.75, 3.05) is 20.4 Å². The van der Waals surface area contributed by atoms with Crippen LogP contribution in [0.4, 0.5) is 0 Å². The van der Waals surface area contributed by atoms with E-state index in [1.54, 1.807) is 7.11 Å². The molecule has 6 nitrogen and oxygen atoms in total. The fourth-order valence-electron chi connectivity index (χ4n) is 0. The summed E-state index contributed by atoms with van der Waals surface area (Å²) in [5.74, 6) is 0. The van der Waals surface area contributed by atoms with Gasteiger partial charge in [0.05, 0.1) is 20.4 Å². The van der Waals surface area contributed by atoms with Gasteiger partial charge in [0.1, 0.15) is 0 Å². The lowest BCUT2D eigenvalue weighted by molar-refractivity contribution is -2.00. The van der Waals surface area contributed by atoms with Crippen molar-refractivity contribution in [2.24, 2.45) is 5.50 Å². The molecule has 70 valence electrons. The Morgan fingerprint density at radius 2 is 1.27 bits per heavy atom. The topological polar surface area (TPSA) is 127 Å². The predicted molar refractivity (Wildman–Crippen MR) is 30.0 cm³/mol. The van der Waals surface area contributed by atoms with Crippen LogP contribution in [-0.4, -0.2) is 20.4 Å². The fraction of sp³-hybridized carbons (Fsp3) is 1.00. The molecule has 0 heterocycles. The maximum atomic E-state index is 8.49. The fourth-order valence-corrected chi connectivity index (χ4v) is 0. The highest BCUT2D eigenvalue weighted by Crippen LogP contribution is 2.40. The molecule has 0 aliphatic carbocycles. The zero-order chi connectivity index (χ0) is 9.71. The van der Waals surface area contributed by atoms with Crippen molar-refractivity contribution in [2.45, 2.75) is 0 Å². The molecule has 0 atom stereocenters. The molecule has 0 amide bonds. The summed E-state index contributed by atoms with van der Waals surface area (Å²) in [6.07, 6.45) is 0. The molecule has 0 spiro atoms. The maximum absolute atomic E-state index is 8.49. The molecule has 11 heavy (non-hydrogen) atoms. The van der Waals surface area contributed by atoms with E-state index in [0.29, 0.717) is 0 Å². The van der Waals surface area contributed by atoms with Gasteiger partial charge in [-0.25, -0.2) is 23.2 Å². The van der Waals surface area contributed by atoms with Crippen LogP contribution in [-0.2, 0) is 4.52 Å². The normalized spacial score (nSPS) is 12.0. The van der Waals surface area contributed by atoms with Crippen LogP contribution in [0.2, 0.25) is 0 Å². The van der Waals surface area contributed by atoms with Crippen LogP contribution in [0.1, 0.15) is 0 Å². The summed E-state index contributed by atoms with van der Waals surface area (Å²) in [6, 6.07) is 0. The Labute approximate surface area is 67.8 Å². The van der Waals surface area contributed by atoms with Crippen LogP contribution in [0.25, 0.3) is 0 Å². The number of rotatable bonds is 1. The second-order valence-corrected chi connectivity index (χ2v) is 5.98. The Hall–Kier alpha value is 0.480. The lowest BCUT2D eigenvalue weighted by Crippen LogP contribution is -2.68. The molecule has 0 bridgehead atoms. The van der Waals surface area contributed by atoms with Crippen LogP contribution in [0.15, 0.2) is 0 Å². The molecule has 0 aromatic rings. The van der Waals surface area contributed by atoms with E-state index >= 15 is 0 Å². The van der Waals surface area contributed by atoms with Crippen LogP contribution in [0.5, 0.6) is 0 Å². The largest absolute Gasteiger partial charge is 0.224 e. The third kappa shape index (κ3) is 62.2. The SMILES string of the molecule is CO[P+](C)(C)N.[O-][Cl+3]([O-])([O-])[O-]. The van der Waals surface area contributed by atoms with Crippen molar-refractivity contribution >= 4 is 7.64 Å².